The Labute approximate surface area is 231 Å². The minimum atomic E-state index is -0.326. The van der Waals surface area contributed by atoms with Crippen molar-refractivity contribution in [2.75, 3.05) is 26.7 Å². The lowest BCUT2D eigenvalue weighted by Gasteiger charge is -2.37. The van der Waals surface area contributed by atoms with Gasteiger partial charge in [0, 0.05) is 43.7 Å². The van der Waals surface area contributed by atoms with Crippen molar-refractivity contribution in [1.29, 1.82) is 0 Å². The lowest BCUT2D eigenvalue weighted by Crippen LogP contribution is -2.45. The molecule has 1 N–H and O–H groups in total. The molecule has 206 valence electrons. The van der Waals surface area contributed by atoms with Crippen molar-refractivity contribution in [1.82, 2.24) is 9.80 Å². The molecule has 2 aliphatic rings. The number of aromatic hydroxyl groups is 1. The van der Waals surface area contributed by atoms with Crippen LogP contribution in [0.5, 0.6) is 11.5 Å². The van der Waals surface area contributed by atoms with E-state index >= 15 is 0 Å². The average Bonchev–Trinajstić information content (AvgIpc) is 3.35. The van der Waals surface area contributed by atoms with Crippen molar-refractivity contribution in [2.24, 2.45) is 5.92 Å². The van der Waals surface area contributed by atoms with Gasteiger partial charge >= 0.3 is 0 Å². The number of rotatable bonds is 8. The molecule has 2 unspecified atom stereocenters. The summed E-state index contributed by atoms with van der Waals surface area (Å²) in [5.74, 6) is 0.849. The minimum Gasteiger partial charge on any atom is -0.504 e. The van der Waals surface area contributed by atoms with Crippen LogP contribution in [-0.2, 0) is 6.54 Å². The molecule has 5 nitrogen and oxygen atoms in total. The third-order valence-corrected chi connectivity index (χ3v) is 8.55. The van der Waals surface area contributed by atoms with Crippen LogP contribution in [0.2, 0.25) is 0 Å². The van der Waals surface area contributed by atoms with E-state index in [-0.39, 0.29) is 35.4 Å². The third kappa shape index (κ3) is 6.27. The first-order valence-corrected chi connectivity index (χ1v) is 14.1. The zero-order valence-electron chi connectivity index (χ0n) is 23.0. The Morgan fingerprint density at radius 1 is 1.03 bits per heavy atom. The van der Waals surface area contributed by atoms with E-state index in [1.54, 1.807) is 25.3 Å². The van der Waals surface area contributed by atoms with Gasteiger partial charge in [0.05, 0.1) is 7.11 Å². The van der Waals surface area contributed by atoms with E-state index in [1.165, 1.54) is 29.7 Å². The summed E-state index contributed by atoms with van der Waals surface area (Å²) in [6.45, 7) is 5.34. The Bertz CT molecular complexity index is 1270. The molecule has 5 rings (SSSR count). The number of amides is 1. The maximum atomic E-state index is 13.9. The highest BCUT2D eigenvalue weighted by Crippen LogP contribution is 2.38. The fraction of sp³-hybridized carbons (Fsp3) is 0.424. The quantitative estimate of drug-likeness (QED) is 0.359. The third-order valence-electron chi connectivity index (χ3n) is 8.55. The van der Waals surface area contributed by atoms with Gasteiger partial charge in [0.1, 0.15) is 5.82 Å². The van der Waals surface area contributed by atoms with Crippen molar-refractivity contribution in [3.8, 4) is 11.5 Å². The molecule has 3 aromatic rings. The average molecular weight is 531 g/mol. The summed E-state index contributed by atoms with van der Waals surface area (Å²) in [7, 11) is 1.57. The standard InChI is InChI=1S/C33H39FN2O3/c1-23-8-6-7-11-29(23)30-22-35(19-24-12-17-31(37)32(18-24)39-2)20-26(30)21-36(28-9-4-3-5-10-28)33(38)25-13-15-27(34)16-14-25/h6-8,11-18,26,28,30,37H,3-5,9-10,19-22H2,1-2H3. The normalized spacial score (nSPS) is 20.2. The first-order chi connectivity index (χ1) is 18.9. The lowest BCUT2D eigenvalue weighted by atomic mass is 9.85. The fourth-order valence-corrected chi connectivity index (χ4v) is 6.51. The van der Waals surface area contributed by atoms with Crippen molar-refractivity contribution < 1.29 is 19.0 Å². The first-order valence-electron chi connectivity index (χ1n) is 14.1. The van der Waals surface area contributed by atoms with E-state index in [2.05, 4.69) is 41.0 Å². The van der Waals surface area contributed by atoms with E-state index in [1.807, 2.05) is 12.1 Å². The summed E-state index contributed by atoms with van der Waals surface area (Å²) >= 11 is 0. The van der Waals surface area contributed by atoms with Gasteiger partial charge < -0.3 is 14.7 Å². The molecule has 0 bridgehead atoms. The molecule has 6 heteroatoms. The van der Waals surface area contributed by atoms with E-state index in [4.69, 9.17) is 4.74 Å². The molecule has 1 saturated carbocycles. The monoisotopic (exact) mass is 530 g/mol. The van der Waals surface area contributed by atoms with Crippen molar-refractivity contribution in [2.45, 2.75) is 57.5 Å². The Hall–Kier alpha value is -3.38. The van der Waals surface area contributed by atoms with Crippen LogP contribution in [0.15, 0.2) is 66.7 Å². The van der Waals surface area contributed by atoms with E-state index in [9.17, 15) is 14.3 Å². The van der Waals surface area contributed by atoms with Crippen LogP contribution in [0.25, 0.3) is 0 Å². The number of ether oxygens (including phenoxy) is 1. The van der Waals surface area contributed by atoms with Gasteiger partial charge in [0.2, 0.25) is 0 Å². The molecular formula is C33H39FN2O3. The fourth-order valence-electron chi connectivity index (χ4n) is 6.51. The molecule has 3 aromatic carbocycles. The number of likely N-dealkylation sites (tertiary alicyclic amines) is 1. The molecule has 1 saturated heterocycles. The maximum absolute atomic E-state index is 13.9. The van der Waals surface area contributed by atoms with Gasteiger partial charge in [-0.05, 0) is 78.8 Å². The molecule has 0 radical (unpaired) electrons. The number of nitrogens with zero attached hydrogens (tertiary/aromatic N) is 2. The van der Waals surface area contributed by atoms with Crippen LogP contribution in [0.3, 0.4) is 0 Å². The summed E-state index contributed by atoms with van der Waals surface area (Å²) in [6, 6.07) is 20.3. The van der Waals surface area contributed by atoms with Crippen LogP contribution < -0.4 is 4.74 Å². The SMILES string of the molecule is COc1cc(CN2CC(CN(C(=O)c3ccc(F)cc3)C3CCCCC3)C(c3ccccc3C)C2)ccc1O. The number of carbonyl (C=O) groups excluding carboxylic acids is 1. The molecule has 1 aliphatic heterocycles. The van der Waals surface area contributed by atoms with Gasteiger partial charge in [-0.3, -0.25) is 9.69 Å². The van der Waals surface area contributed by atoms with Crippen LogP contribution in [0, 0.1) is 18.7 Å². The van der Waals surface area contributed by atoms with Crippen molar-refractivity contribution >= 4 is 5.91 Å². The zero-order chi connectivity index (χ0) is 27.4. The van der Waals surface area contributed by atoms with Crippen LogP contribution in [-0.4, -0.2) is 53.6 Å². The molecular weight excluding hydrogens is 491 g/mol. The summed E-state index contributed by atoms with van der Waals surface area (Å²) in [5.41, 5.74) is 4.25. The summed E-state index contributed by atoms with van der Waals surface area (Å²) < 4.78 is 19.0. The number of methoxy groups -OCH3 is 1. The van der Waals surface area contributed by atoms with Gasteiger partial charge in [0.15, 0.2) is 11.5 Å². The number of hydrogen-bond acceptors (Lipinski definition) is 4. The van der Waals surface area contributed by atoms with Crippen LogP contribution >= 0.6 is 0 Å². The highest BCUT2D eigenvalue weighted by molar-refractivity contribution is 5.94. The molecule has 2 atom stereocenters. The summed E-state index contributed by atoms with van der Waals surface area (Å²) in [6.07, 6.45) is 5.53. The second-order valence-corrected chi connectivity index (χ2v) is 11.2. The largest absolute Gasteiger partial charge is 0.504 e. The van der Waals surface area contributed by atoms with Crippen molar-refractivity contribution in [3.05, 3.63) is 94.8 Å². The van der Waals surface area contributed by atoms with Gasteiger partial charge in [-0.2, -0.15) is 0 Å². The number of phenolic OH excluding ortho intramolecular Hbond substituents is 1. The van der Waals surface area contributed by atoms with Gasteiger partial charge in [-0.1, -0.05) is 49.6 Å². The predicted octanol–water partition coefficient (Wildman–Crippen LogP) is 6.54. The number of aryl methyl sites for hydroxylation is 1. The summed E-state index contributed by atoms with van der Waals surface area (Å²) in [4.78, 5) is 18.4. The van der Waals surface area contributed by atoms with Gasteiger partial charge in [-0.15, -0.1) is 0 Å². The Kier molecular flexibility index (Phi) is 8.51. The maximum Gasteiger partial charge on any atom is 0.254 e. The van der Waals surface area contributed by atoms with Crippen molar-refractivity contribution in [3.63, 3.8) is 0 Å². The molecule has 1 amide bonds. The van der Waals surface area contributed by atoms with Gasteiger partial charge in [-0.25, -0.2) is 4.39 Å². The molecule has 1 aliphatic carbocycles. The highest BCUT2D eigenvalue weighted by Gasteiger charge is 2.38. The van der Waals surface area contributed by atoms with E-state index < -0.39 is 0 Å². The molecule has 2 fully saturated rings. The Morgan fingerprint density at radius 2 is 1.77 bits per heavy atom. The molecule has 39 heavy (non-hydrogen) atoms. The Balaban J connectivity index is 1.43. The van der Waals surface area contributed by atoms with Crippen LogP contribution in [0.1, 0.15) is 65.1 Å². The van der Waals surface area contributed by atoms with Crippen LogP contribution in [0.4, 0.5) is 4.39 Å². The van der Waals surface area contributed by atoms with E-state index in [0.29, 0.717) is 17.9 Å². The number of hydrogen-bond donors (Lipinski definition) is 1. The number of phenols is 1. The lowest BCUT2D eigenvalue weighted by molar-refractivity contribution is 0.0588. The second-order valence-electron chi connectivity index (χ2n) is 11.2. The van der Waals surface area contributed by atoms with Gasteiger partial charge in [0.25, 0.3) is 5.91 Å². The number of carbonyl (C=O) groups is 1. The molecule has 0 spiro atoms. The first kappa shape index (κ1) is 27.2. The topological polar surface area (TPSA) is 53.0 Å². The highest BCUT2D eigenvalue weighted by atomic mass is 19.1. The number of halogens is 1. The minimum absolute atomic E-state index is 0.00662. The molecule has 1 heterocycles. The predicted molar refractivity (Wildman–Crippen MR) is 152 cm³/mol. The zero-order valence-corrected chi connectivity index (χ0v) is 23.0. The summed E-state index contributed by atoms with van der Waals surface area (Å²) in [5, 5.41) is 10.0. The number of benzene rings is 3. The Morgan fingerprint density at radius 3 is 2.49 bits per heavy atom. The van der Waals surface area contributed by atoms with E-state index in [0.717, 1.165) is 50.9 Å². The smallest absolute Gasteiger partial charge is 0.254 e. The molecule has 0 aromatic heterocycles. The second kappa shape index (κ2) is 12.2.